The number of fused-ring (bicyclic) bond motifs is 1. The molecule has 2 aliphatic heterocycles. The first-order valence-corrected chi connectivity index (χ1v) is 15.1. The topological polar surface area (TPSA) is 151 Å². The summed E-state index contributed by atoms with van der Waals surface area (Å²) < 4.78 is 20.7. The standard InChI is InChI=1S/C11H17N3O3.C10H10FNO2.C9H13NOS/c1-2-4-9(15)13-7-10(16)14-6-3-5-8(14)11(12)17;1-14-10(13)12-5-7-3-2-4-9(11)8(7)6-12;1-2-6-5-8(6)9(11)10-12-7-3-4-7/h2,4,8H,3,5-7H2,1H3,(H2,12,17)(H,13,15);2-4H,5-6H2,1H3;2,6-8H,1,3-5H2,(H,10,11)/b4-2+;;/t8-;;/m0../s1. The molecule has 1 aromatic rings. The van der Waals surface area contributed by atoms with Gasteiger partial charge in [0.1, 0.15) is 11.9 Å². The van der Waals surface area contributed by atoms with Gasteiger partial charge in [0.15, 0.2) is 0 Å². The maximum atomic E-state index is 13.3. The second kappa shape index (κ2) is 16.1. The minimum atomic E-state index is -0.527. The highest BCUT2D eigenvalue weighted by molar-refractivity contribution is 7.98. The van der Waals surface area contributed by atoms with Crippen LogP contribution in [0.25, 0.3) is 0 Å². The van der Waals surface area contributed by atoms with Crippen LogP contribution in [0.1, 0.15) is 50.2 Å². The summed E-state index contributed by atoms with van der Waals surface area (Å²) in [5, 5.41) is 3.15. The van der Waals surface area contributed by atoms with Crippen LogP contribution in [0.4, 0.5) is 9.18 Å². The van der Waals surface area contributed by atoms with Gasteiger partial charge in [0.2, 0.25) is 23.6 Å². The van der Waals surface area contributed by atoms with Crippen LogP contribution in [0.5, 0.6) is 0 Å². The molecule has 0 bridgehead atoms. The van der Waals surface area contributed by atoms with Crippen molar-refractivity contribution in [2.45, 2.75) is 63.4 Å². The summed E-state index contributed by atoms with van der Waals surface area (Å²) in [7, 11) is 1.32. The third-order valence-electron chi connectivity index (χ3n) is 7.32. The number of hydrogen-bond acceptors (Lipinski definition) is 7. The Balaban J connectivity index is 0.000000179. The van der Waals surface area contributed by atoms with Crippen molar-refractivity contribution >= 4 is 41.7 Å². The van der Waals surface area contributed by atoms with Crippen molar-refractivity contribution in [2.75, 3.05) is 20.2 Å². The van der Waals surface area contributed by atoms with Gasteiger partial charge in [0.25, 0.3) is 0 Å². The van der Waals surface area contributed by atoms with E-state index >= 15 is 0 Å². The Morgan fingerprint density at radius 1 is 1.19 bits per heavy atom. The van der Waals surface area contributed by atoms with Crippen molar-refractivity contribution < 1.29 is 33.1 Å². The molecule has 3 atom stereocenters. The van der Waals surface area contributed by atoms with Crippen LogP contribution in [0.3, 0.4) is 0 Å². The van der Waals surface area contributed by atoms with Crippen molar-refractivity contribution in [3.05, 3.63) is 60.0 Å². The molecule has 4 aliphatic rings. The van der Waals surface area contributed by atoms with E-state index < -0.39 is 18.0 Å². The van der Waals surface area contributed by atoms with Crippen LogP contribution in [-0.4, -0.2) is 71.0 Å². The Labute approximate surface area is 255 Å². The quantitative estimate of drug-likeness (QED) is 0.231. The number of nitrogens with zero attached hydrogens (tertiary/aromatic N) is 2. The fourth-order valence-electron chi connectivity index (χ4n) is 4.65. The zero-order valence-corrected chi connectivity index (χ0v) is 25.4. The van der Waals surface area contributed by atoms with Gasteiger partial charge < -0.3 is 20.7 Å². The van der Waals surface area contributed by atoms with Gasteiger partial charge in [0.05, 0.1) is 20.2 Å². The van der Waals surface area contributed by atoms with Crippen molar-refractivity contribution in [3.63, 3.8) is 0 Å². The monoisotopic (exact) mass is 617 g/mol. The first-order valence-electron chi connectivity index (χ1n) is 14.3. The molecule has 43 heavy (non-hydrogen) atoms. The van der Waals surface area contributed by atoms with Crippen molar-refractivity contribution in [1.29, 1.82) is 0 Å². The Kier molecular flexibility index (Phi) is 12.6. The molecule has 234 valence electrons. The molecular weight excluding hydrogens is 577 g/mol. The lowest BCUT2D eigenvalue weighted by Gasteiger charge is -2.22. The number of carbonyl (C=O) groups excluding carboxylic acids is 5. The Morgan fingerprint density at radius 3 is 2.51 bits per heavy atom. The van der Waals surface area contributed by atoms with Crippen LogP contribution < -0.4 is 15.8 Å². The summed E-state index contributed by atoms with van der Waals surface area (Å²) >= 11 is 1.60. The van der Waals surface area contributed by atoms with Gasteiger partial charge in [-0.1, -0.05) is 24.3 Å². The zero-order valence-electron chi connectivity index (χ0n) is 24.6. The van der Waals surface area contributed by atoms with Crippen molar-refractivity contribution in [1.82, 2.24) is 19.8 Å². The highest BCUT2D eigenvalue weighted by Gasteiger charge is 2.41. The maximum Gasteiger partial charge on any atom is 0.410 e. The highest BCUT2D eigenvalue weighted by Crippen LogP contribution is 2.40. The molecule has 0 radical (unpaired) electrons. The predicted octanol–water partition coefficient (Wildman–Crippen LogP) is 2.80. The number of halogens is 1. The lowest BCUT2D eigenvalue weighted by molar-refractivity contribution is -0.137. The second-order valence-corrected chi connectivity index (χ2v) is 11.7. The smallest absolute Gasteiger partial charge is 0.410 e. The molecule has 5 amide bonds. The van der Waals surface area contributed by atoms with E-state index in [4.69, 9.17) is 5.73 Å². The molecule has 3 fully saturated rings. The summed E-state index contributed by atoms with van der Waals surface area (Å²) in [6.07, 6.45) is 9.28. The number of benzene rings is 1. The van der Waals surface area contributed by atoms with E-state index in [1.807, 2.05) is 12.1 Å². The second-order valence-electron chi connectivity index (χ2n) is 10.6. The first kappa shape index (κ1) is 33.6. The van der Waals surface area contributed by atoms with E-state index in [1.165, 1.54) is 41.9 Å². The molecule has 1 aromatic carbocycles. The van der Waals surface area contributed by atoms with E-state index in [0.717, 1.165) is 18.4 Å². The summed E-state index contributed by atoms with van der Waals surface area (Å²) in [6.45, 7) is 6.54. The van der Waals surface area contributed by atoms with E-state index in [2.05, 4.69) is 21.4 Å². The van der Waals surface area contributed by atoms with Crippen LogP contribution in [-0.2, 0) is 37.0 Å². The SMILES string of the molecule is C/C=C/C(=O)NCC(=O)N1CCC[C@H]1C(N)=O.C=CC1CC1C(=O)NSC1CC1.COC(=O)N1Cc2cccc(F)c2C1. The molecule has 0 aromatic heterocycles. The fraction of sp³-hybridized carbons (Fsp3) is 0.500. The lowest BCUT2D eigenvalue weighted by Crippen LogP contribution is -2.47. The molecule has 2 saturated carbocycles. The number of likely N-dealkylation sites (tertiary alicyclic amines) is 1. The van der Waals surface area contributed by atoms with Gasteiger partial charge in [-0.2, -0.15) is 0 Å². The van der Waals surface area contributed by atoms with Gasteiger partial charge in [-0.15, -0.1) is 6.58 Å². The van der Waals surface area contributed by atoms with Crippen LogP contribution in [0, 0.1) is 17.7 Å². The number of amides is 5. The van der Waals surface area contributed by atoms with Crippen molar-refractivity contribution in [2.24, 2.45) is 17.6 Å². The summed E-state index contributed by atoms with van der Waals surface area (Å²) in [4.78, 5) is 59.3. The molecular formula is C30H40FN5O6S. The number of rotatable bonds is 8. The predicted molar refractivity (Wildman–Crippen MR) is 160 cm³/mol. The molecule has 2 heterocycles. The Morgan fingerprint density at radius 2 is 1.93 bits per heavy atom. The lowest BCUT2D eigenvalue weighted by atomic mass is 10.1. The molecule has 2 unspecified atom stereocenters. The van der Waals surface area contributed by atoms with Crippen molar-refractivity contribution in [3.8, 4) is 0 Å². The summed E-state index contributed by atoms with van der Waals surface area (Å²) in [6, 6.07) is 4.34. The number of methoxy groups -OCH3 is 1. The number of carbonyl (C=O) groups is 5. The normalized spacial score (nSPS) is 21.4. The first-order chi connectivity index (χ1) is 20.6. The van der Waals surface area contributed by atoms with Gasteiger partial charge in [0, 0.05) is 29.8 Å². The molecule has 1 saturated heterocycles. The van der Waals surface area contributed by atoms with Crippen LogP contribution >= 0.6 is 11.9 Å². The number of hydrogen-bond donors (Lipinski definition) is 3. The van der Waals surface area contributed by atoms with E-state index in [9.17, 15) is 28.4 Å². The number of allylic oxidation sites excluding steroid dienone is 2. The average molecular weight is 618 g/mol. The largest absolute Gasteiger partial charge is 0.453 e. The van der Waals surface area contributed by atoms with Gasteiger partial charge in [-0.3, -0.25) is 28.8 Å². The number of ether oxygens (including phenoxy) is 1. The molecule has 5 rings (SSSR count). The zero-order chi connectivity index (χ0) is 31.5. The molecule has 2 aliphatic carbocycles. The highest BCUT2D eigenvalue weighted by atomic mass is 32.2. The van der Waals surface area contributed by atoms with Gasteiger partial charge in [-0.25, -0.2) is 9.18 Å². The van der Waals surface area contributed by atoms with Crippen LogP contribution in [0.15, 0.2) is 43.0 Å². The molecule has 0 spiro atoms. The minimum absolute atomic E-state index is 0.104. The number of primary amides is 1. The number of nitrogens with one attached hydrogen (secondary N) is 2. The maximum absolute atomic E-state index is 13.3. The molecule has 4 N–H and O–H groups in total. The third-order valence-corrected chi connectivity index (χ3v) is 8.45. The summed E-state index contributed by atoms with van der Waals surface area (Å²) in [5.74, 6) is -0.459. The third kappa shape index (κ3) is 10.1. The van der Waals surface area contributed by atoms with Gasteiger partial charge in [-0.05, 0) is 74.6 Å². The van der Waals surface area contributed by atoms with E-state index in [1.54, 1.807) is 31.0 Å². The van der Waals surface area contributed by atoms with Gasteiger partial charge >= 0.3 is 6.09 Å². The molecule has 13 heteroatoms. The Bertz CT molecular complexity index is 1240. The Hall–Kier alpha value is -3.87. The number of nitrogens with two attached hydrogens (primary N) is 1. The van der Waals surface area contributed by atoms with E-state index in [-0.39, 0.29) is 36.0 Å². The van der Waals surface area contributed by atoms with E-state index in [0.29, 0.717) is 42.8 Å². The summed E-state index contributed by atoms with van der Waals surface area (Å²) in [5.41, 5.74) is 6.65. The molecule has 11 nitrogen and oxygen atoms in total. The minimum Gasteiger partial charge on any atom is -0.453 e. The fourth-order valence-corrected chi connectivity index (χ4v) is 5.46. The van der Waals surface area contributed by atoms with Crippen LogP contribution in [0.2, 0.25) is 0 Å². The average Bonchev–Trinajstić information content (AvgIpc) is 3.89.